The highest BCUT2D eigenvalue weighted by Crippen LogP contribution is 2.69. The van der Waals surface area contributed by atoms with E-state index < -0.39 is 5.60 Å². The standard InChI is InChI=1S/C32H55N3O2/c1-22(2)7-6-8-23(3)26-9-10-27-25-19-29(34-16-18-35-17-15-33-21-35)32(37)20-24(36)11-14-31(32,5)28(25)12-13-30(26,27)4/h15,17,21-29,34,36-37H,6-14,16,18-20H2,1-5H3/t23-,24+,25+,26-,27+,28+,29-,30-,31-,32+/m1/s1. The zero-order chi connectivity index (χ0) is 26.4. The lowest BCUT2D eigenvalue weighted by Gasteiger charge is -2.66. The third kappa shape index (κ3) is 4.84. The molecule has 210 valence electrons. The number of aliphatic hydroxyl groups excluding tert-OH is 1. The Hall–Kier alpha value is -0.910. The van der Waals surface area contributed by atoms with E-state index in [0.717, 1.165) is 56.0 Å². The van der Waals surface area contributed by atoms with Crippen molar-refractivity contribution in [2.45, 2.75) is 130 Å². The minimum Gasteiger partial charge on any atom is -0.393 e. The Labute approximate surface area is 226 Å². The van der Waals surface area contributed by atoms with Gasteiger partial charge >= 0.3 is 0 Å². The Morgan fingerprint density at radius 1 is 1.05 bits per heavy atom. The van der Waals surface area contributed by atoms with Crippen LogP contribution in [0.2, 0.25) is 0 Å². The van der Waals surface area contributed by atoms with Gasteiger partial charge in [0.25, 0.3) is 0 Å². The number of rotatable bonds is 9. The largest absolute Gasteiger partial charge is 0.393 e. The molecule has 0 radical (unpaired) electrons. The Morgan fingerprint density at radius 2 is 1.86 bits per heavy atom. The molecule has 1 aromatic rings. The van der Waals surface area contributed by atoms with Gasteiger partial charge < -0.3 is 20.1 Å². The van der Waals surface area contributed by atoms with Gasteiger partial charge in [0.05, 0.1) is 18.0 Å². The van der Waals surface area contributed by atoms with Crippen molar-refractivity contribution >= 4 is 0 Å². The maximum absolute atomic E-state index is 12.4. The first kappa shape index (κ1) is 27.6. The molecule has 1 aromatic heterocycles. The highest BCUT2D eigenvalue weighted by atomic mass is 16.3. The molecule has 0 unspecified atom stereocenters. The summed E-state index contributed by atoms with van der Waals surface area (Å²) in [6.07, 6.45) is 18.1. The number of aliphatic hydroxyl groups is 2. The minimum absolute atomic E-state index is 0.0436. The smallest absolute Gasteiger partial charge is 0.0946 e. The summed E-state index contributed by atoms with van der Waals surface area (Å²) in [5.74, 6) is 4.50. The SMILES string of the molecule is CC(C)CCC[C@@H](C)[C@H]1CC[C@H]2[C@@H]3C[C@@H](NCCn4ccnc4)[C@@]4(O)C[C@@H](O)CC[C@]4(C)[C@H]3CC[C@]12C. The molecule has 4 aliphatic carbocycles. The molecule has 5 nitrogen and oxygen atoms in total. The molecule has 4 fully saturated rings. The summed E-state index contributed by atoms with van der Waals surface area (Å²) in [4.78, 5) is 4.19. The topological polar surface area (TPSA) is 70.3 Å². The number of aromatic nitrogens is 2. The minimum atomic E-state index is -0.837. The predicted molar refractivity (Wildman–Crippen MR) is 150 cm³/mol. The van der Waals surface area contributed by atoms with Gasteiger partial charge in [-0.1, -0.05) is 53.9 Å². The van der Waals surface area contributed by atoms with E-state index in [2.05, 4.69) is 49.5 Å². The van der Waals surface area contributed by atoms with Crippen LogP contribution in [0.5, 0.6) is 0 Å². The van der Waals surface area contributed by atoms with Crippen LogP contribution in [0.4, 0.5) is 0 Å². The molecule has 5 rings (SSSR count). The Balaban J connectivity index is 1.36. The molecule has 1 heterocycles. The first-order valence-electron chi connectivity index (χ1n) is 15.7. The van der Waals surface area contributed by atoms with Crippen LogP contribution in [-0.2, 0) is 6.54 Å². The van der Waals surface area contributed by atoms with Crippen molar-refractivity contribution in [2.75, 3.05) is 6.54 Å². The summed E-state index contributed by atoms with van der Waals surface area (Å²) in [5.41, 5.74) is -0.513. The van der Waals surface area contributed by atoms with Crippen molar-refractivity contribution in [1.82, 2.24) is 14.9 Å². The second-order valence-corrected chi connectivity index (χ2v) is 14.7. The van der Waals surface area contributed by atoms with Gasteiger partial charge in [0.2, 0.25) is 0 Å². The van der Waals surface area contributed by atoms with E-state index in [-0.39, 0.29) is 17.6 Å². The molecule has 37 heavy (non-hydrogen) atoms. The van der Waals surface area contributed by atoms with Gasteiger partial charge in [-0.15, -0.1) is 0 Å². The average molecular weight is 514 g/mol. The summed E-state index contributed by atoms with van der Waals surface area (Å²) in [6, 6.07) is 0.0436. The van der Waals surface area contributed by atoms with Crippen LogP contribution in [0.1, 0.15) is 105 Å². The molecule has 0 spiro atoms. The van der Waals surface area contributed by atoms with E-state index in [1.165, 1.54) is 44.9 Å². The number of nitrogens with one attached hydrogen (secondary N) is 1. The molecule has 0 aliphatic heterocycles. The van der Waals surface area contributed by atoms with Crippen molar-refractivity contribution in [3.8, 4) is 0 Å². The molecule has 0 bridgehead atoms. The van der Waals surface area contributed by atoms with E-state index in [4.69, 9.17) is 0 Å². The molecule has 4 aliphatic rings. The normalized spacial score (nSPS) is 44.3. The van der Waals surface area contributed by atoms with Crippen LogP contribution in [0.25, 0.3) is 0 Å². The molecule has 4 saturated carbocycles. The number of fused-ring (bicyclic) bond motifs is 5. The third-order valence-corrected chi connectivity index (χ3v) is 12.4. The fraction of sp³-hybridized carbons (Fsp3) is 0.906. The molecular weight excluding hydrogens is 458 g/mol. The molecule has 10 atom stereocenters. The molecule has 0 amide bonds. The van der Waals surface area contributed by atoms with Crippen molar-refractivity contribution in [1.29, 1.82) is 0 Å². The average Bonchev–Trinajstić information content (AvgIpc) is 3.48. The molecule has 3 N–H and O–H groups in total. The second-order valence-electron chi connectivity index (χ2n) is 14.7. The number of nitrogens with zero attached hydrogens (tertiary/aromatic N) is 2. The van der Waals surface area contributed by atoms with E-state index >= 15 is 0 Å². The summed E-state index contributed by atoms with van der Waals surface area (Å²) >= 11 is 0. The second kappa shape index (κ2) is 10.6. The summed E-state index contributed by atoms with van der Waals surface area (Å²) in [6.45, 7) is 14.0. The Kier molecular flexibility index (Phi) is 7.90. The summed E-state index contributed by atoms with van der Waals surface area (Å²) in [5, 5.41) is 27.0. The van der Waals surface area contributed by atoms with E-state index in [1.54, 1.807) is 0 Å². The highest BCUT2D eigenvalue weighted by molar-refractivity contribution is 5.18. The highest BCUT2D eigenvalue weighted by Gasteiger charge is 2.67. The van der Waals surface area contributed by atoms with Crippen LogP contribution in [0.3, 0.4) is 0 Å². The molecule has 0 aromatic carbocycles. The van der Waals surface area contributed by atoms with Crippen molar-refractivity contribution in [3.05, 3.63) is 18.7 Å². The van der Waals surface area contributed by atoms with Crippen LogP contribution in [0, 0.1) is 46.3 Å². The van der Waals surface area contributed by atoms with Gasteiger partial charge in [0, 0.05) is 43.4 Å². The predicted octanol–water partition coefficient (Wildman–Crippen LogP) is 6.05. The first-order valence-corrected chi connectivity index (χ1v) is 15.7. The number of hydrogen-bond acceptors (Lipinski definition) is 4. The van der Waals surface area contributed by atoms with Gasteiger partial charge in [-0.25, -0.2) is 4.98 Å². The number of hydrogen-bond donors (Lipinski definition) is 3. The Morgan fingerprint density at radius 3 is 2.59 bits per heavy atom. The summed E-state index contributed by atoms with van der Waals surface area (Å²) < 4.78 is 2.11. The lowest BCUT2D eigenvalue weighted by atomic mass is 9.42. The van der Waals surface area contributed by atoms with E-state index in [9.17, 15) is 10.2 Å². The van der Waals surface area contributed by atoms with Crippen LogP contribution in [0.15, 0.2) is 18.7 Å². The van der Waals surface area contributed by atoms with Gasteiger partial charge in [-0.3, -0.25) is 0 Å². The zero-order valence-corrected chi connectivity index (χ0v) is 24.3. The number of imidazole rings is 1. The van der Waals surface area contributed by atoms with Gasteiger partial charge in [0.1, 0.15) is 0 Å². The maximum Gasteiger partial charge on any atom is 0.0946 e. The van der Waals surface area contributed by atoms with Gasteiger partial charge in [-0.05, 0) is 85.9 Å². The lowest BCUT2D eigenvalue weighted by molar-refractivity contribution is -0.234. The first-order chi connectivity index (χ1) is 17.6. The zero-order valence-electron chi connectivity index (χ0n) is 24.3. The van der Waals surface area contributed by atoms with Crippen LogP contribution < -0.4 is 5.32 Å². The van der Waals surface area contributed by atoms with Crippen LogP contribution in [-0.4, -0.2) is 44.1 Å². The van der Waals surface area contributed by atoms with Crippen molar-refractivity contribution in [2.24, 2.45) is 46.3 Å². The maximum atomic E-state index is 12.4. The lowest BCUT2D eigenvalue weighted by Crippen LogP contribution is -2.71. The fourth-order valence-electron chi connectivity index (χ4n) is 10.4. The van der Waals surface area contributed by atoms with Gasteiger partial charge in [-0.2, -0.15) is 0 Å². The van der Waals surface area contributed by atoms with Crippen molar-refractivity contribution < 1.29 is 10.2 Å². The Bertz CT molecular complexity index is 889. The molecular formula is C32H55N3O2. The van der Waals surface area contributed by atoms with Gasteiger partial charge in [0.15, 0.2) is 0 Å². The molecule has 5 heteroatoms. The fourth-order valence-corrected chi connectivity index (χ4v) is 10.4. The van der Waals surface area contributed by atoms with Crippen LogP contribution >= 0.6 is 0 Å². The van der Waals surface area contributed by atoms with Crippen molar-refractivity contribution in [3.63, 3.8) is 0 Å². The van der Waals surface area contributed by atoms with E-state index in [1.807, 2.05) is 18.7 Å². The quantitative estimate of drug-likeness (QED) is 0.376. The molecule has 0 saturated heterocycles. The van der Waals surface area contributed by atoms with E-state index in [0.29, 0.717) is 23.7 Å². The third-order valence-electron chi connectivity index (χ3n) is 12.4. The summed E-state index contributed by atoms with van der Waals surface area (Å²) in [7, 11) is 0. The monoisotopic (exact) mass is 513 g/mol.